The maximum atomic E-state index is 12.5. The Bertz CT molecular complexity index is 695. The van der Waals surface area contributed by atoms with E-state index in [1.807, 2.05) is 0 Å². The van der Waals surface area contributed by atoms with E-state index in [9.17, 15) is 14.7 Å². The number of rotatable bonds is 5. The van der Waals surface area contributed by atoms with Crippen LogP contribution < -0.4 is 10.6 Å². The van der Waals surface area contributed by atoms with Crippen LogP contribution in [0.5, 0.6) is 0 Å². The van der Waals surface area contributed by atoms with Gasteiger partial charge in [-0.3, -0.25) is 9.78 Å². The number of amides is 1. The van der Waals surface area contributed by atoms with Crippen LogP contribution in [0.1, 0.15) is 25.5 Å². The summed E-state index contributed by atoms with van der Waals surface area (Å²) in [5, 5.41) is 15.2. The third-order valence-electron chi connectivity index (χ3n) is 3.75. The molecule has 1 aliphatic heterocycles. The first kappa shape index (κ1) is 17.7. The summed E-state index contributed by atoms with van der Waals surface area (Å²) in [4.78, 5) is 29.2. The predicted octanol–water partition coefficient (Wildman–Crippen LogP) is 0.598. The Morgan fingerprint density at radius 2 is 2.12 bits per heavy atom. The van der Waals surface area contributed by atoms with Crippen LogP contribution in [0.25, 0.3) is 0 Å². The van der Waals surface area contributed by atoms with E-state index in [-0.39, 0.29) is 18.8 Å². The summed E-state index contributed by atoms with van der Waals surface area (Å²) in [6.45, 7) is 3.28. The molecule has 1 amide bonds. The van der Waals surface area contributed by atoms with Gasteiger partial charge >= 0.3 is 5.97 Å². The summed E-state index contributed by atoms with van der Waals surface area (Å²) < 4.78 is 5.15. The van der Waals surface area contributed by atoms with Crippen LogP contribution in [0, 0.1) is 0 Å². The Hall–Kier alpha value is -2.67. The standard InChI is InChI=1S/C17H21N3O4/c1-4-24-17(23)13-10(2)20-12(9-21)15(16(22)18-3)14(13)11-7-5-6-8-19-11/h5-8,14,20-21H,4,9H2,1-3H3,(H,18,22). The lowest BCUT2D eigenvalue weighted by molar-refractivity contribution is -0.138. The minimum absolute atomic E-state index is 0.219. The smallest absolute Gasteiger partial charge is 0.336 e. The molecule has 2 rings (SSSR count). The van der Waals surface area contributed by atoms with Crippen LogP contribution >= 0.6 is 0 Å². The van der Waals surface area contributed by atoms with Crippen LogP contribution in [0.15, 0.2) is 46.9 Å². The van der Waals surface area contributed by atoms with Crippen LogP contribution in [-0.4, -0.2) is 42.2 Å². The molecular weight excluding hydrogens is 310 g/mol. The van der Waals surface area contributed by atoms with Gasteiger partial charge in [0, 0.05) is 18.9 Å². The number of aliphatic hydroxyl groups excluding tert-OH is 1. The molecule has 0 bridgehead atoms. The average Bonchev–Trinajstić information content (AvgIpc) is 2.60. The number of ether oxygens (including phenoxy) is 1. The van der Waals surface area contributed by atoms with Crippen LogP contribution in [-0.2, 0) is 14.3 Å². The summed E-state index contributed by atoms with van der Waals surface area (Å²) in [7, 11) is 1.50. The van der Waals surface area contributed by atoms with E-state index < -0.39 is 17.8 Å². The Labute approximate surface area is 140 Å². The second-order valence-corrected chi connectivity index (χ2v) is 5.20. The number of pyridine rings is 1. The molecular formula is C17H21N3O4. The van der Waals surface area contributed by atoms with Crippen molar-refractivity contribution in [3.8, 4) is 0 Å². The topological polar surface area (TPSA) is 101 Å². The van der Waals surface area contributed by atoms with Crippen molar-refractivity contribution < 1.29 is 19.4 Å². The molecule has 1 aliphatic rings. The van der Waals surface area contributed by atoms with E-state index in [1.165, 1.54) is 7.05 Å². The molecule has 7 heteroatoms. The number of nitrogens with zero attached hydrogens (tertiary/aromatic N) is 1. The van der Waals surface area contributed by atoms with Gasteiger partial charge in [0.2, 0.25) is 5.91 Å². The zero-order valence-corrected chi connectivity index (χ0v) is 13.9. The number of carbonyl (C=O) groups excluding carboxylic acids is 2. The number of carbonyl (C=O) groups is 2. The fraction of sp³-hybridized carbons (Fsp3) is 0.353. The van der Waals surface area contributed by atoms with Crippen LogP contribution in [0.3, 0.4) is 0 Å². The molecule has 0 fully saturated rings. The van der Waals surface area contributed by atoms with Crippen LogP contribution in [0.4, 0.5) is 0 Å². The Morgan fingerprint density at radius 3 is 2.67 bits per heavy atom. The van der Waals surface area contributed by atoms with Crippen molar-refractivity contribution in [3.05, 3.63) is 52.6 Å². The molecule has 24 heavy (non-hydrogen) atoms. The predicted molar refractivity (Wildman–Crippen MR) is 87.6 cm³/mol. The van der Waals surface area contributed by atoms with E-state index in [0.29, 0.717) is 22.7 Å². The number of hydrogen-bond acceptors (Lipinski definition) is 6. The van der Waals surface area contributed by atoms with E-state index >= 15 is 0 Å². The Kier molecular flexibility index (Phi) is 5.70. The highest BCUT2D eigenvalue weighted by Gasteiger charge is 2.38. The van der Waals surface area contributed by atoms with E-state index in [4.69, 9.17) is 4.74 Å². The van der Waals surface area contributed by atoms with Gasteiger partial charge < -0.3 is 20.5 Å². The minimum atomic E-state index is -0.714. The van der Waals surface area contributed by atoms with Gasteiger partial charge in [-0.25, -0.2) is 4.79 Å². The van der Waals surface area contributed by atoms with Crippen molar-refractivity contribution in [2.75, 3.05) is 20.3 Å². The summed E-state index contributed by atoms with van der Waals surface area (Å²) in [5.41, 5.74) is 1.97. The number of likely N-dealkylation sites (N-methyl/N-ethyl adjacent to an activating group) is 1. The summed E-state index contributed by atoms with van der Waals surface area (Å²) in [6.07, 6.45) is 1.59. The van der Waals surface area contributed by atoms with Gasteiger partial charge in [-0.2, -0.15) is 0 Å². The van der Waals surface area contributed by atoms with Crippen molar-refractivity contribution >= 4 is 11.9 Å². The maximum Gasteiger partial charge on any atom is 0.336 e. The highest BCUT2D eigenvalue weighted by Crippen LogP contribution is 2.37. The van der Waals surface area contributed by atoms with Crippen molar-refractivity contribution in [3.63, 3.8) is 0 Å². The minimum Gasteiger partial charge on any atom is -0.463 e. The summed E-state index contributed by atoms with van der Waals surface area (Å²) in [5.74, 6) is -1.62. The van der Waals surface area contributed by atoms with Gasteiger partial charge in [0.05, 0.1) is 41.7 Å². The second kappa shape index (κ2) is 7.74. The lowest BCUT2D eigenvalue weighted by atomic mass is 9.82. The molecule has 1 unspecified atom stereocenters. The number of hydrogen-bond donors (Lipinski definition) is 3. The zero-order valence-electron chi connectivity index (χ0n) is 13.9. The fourth-order valence-electron chi connectivity index (χ4n) is 2.75. The molecule has 0 aliphatic carbocycles. The van der Waals surface area contributed by atoms with Gasteiger partial charge in [-0.05, 0) is 26.0 Å². The number of dihydropyridines is 1. The van der Waals surface area contributed by atoms with E-state index in [2.05, 4.69) is 15.6 Å². The van der Waals surface area contributed by atoms with Crippen molar-refractivity contribution in [2.24, 2.45) is 0 Å². The molecule has 0 aromatic carbocycles. The molecule has 1 aromatic rings. The quantitative estimate of drug-likeness (QED) is 0.683. The maximum absolute atomic E-state index is 12.5. The third-order valence-corrected chi connectivity index (χ3v) is 3.75. The number of esters is 1. The molecule has 1 aromatic heterocycles. The van der Waals surface area contributed by atoms with Crippen molar-refractivity contribution in [1.29, 1.82) is 0 Å². The largest absolute Gasteiger partial charge is 0.463 e. The molecule has 7 nitrogen and oxygen atoms in total. The van der Waals surface area contributed by atoms with Gasteiger partial charge in [0.1, 0.15) is 0 Å². The van der Waals surface area contributed by atoms with E-state index in [0.717, 1.165) is 0 Å². The zero-order chi connectivity index (χ0) is 17.7. The fourth-order valence-corrected chi connectivity index (χ4v) is 2.75. The highest BCUT2D eigenvalue weighted by molar-refractivity contribution is 6.01. The molecule has 128 valence electrons. The SMILES string of the molecule is CCOC(=O)C1=C(C)NC(CO)=C(C(=O)NC)C1c1ccccn1. The molecule has 1 atom stereocenters. The first-order valence-electron chi connectivity index (χ1n) is 7.66. The molecule has 2 heterocycles. The number of aromatic nitrogens is 1. The average molecular weight is 331 g/mol. The second-order valence-electron chi connectivity index (χ2n) is 5.20. The van der Waals surface area contributed by atoms with Gasteiger partial charge in [-0.15, -0.1) is 0 Å². The molecule has 0 spiro atoms. The monoisotopic (exact) mass is 331 g/mol. The Balaban J connectivity index is 2.66. The molecule has 0 saturated carbocycles. The molecule has 3 N–H and O–H groups in total. The summed E-state index contributed by atoms with van der Waals surface area (Å²) >= 11 is 0. The first-order chi connectivity index (χ1) is 11.5. The lowest BCUT2D eigenvalue weighted by Crippen LogP contribution is -2.37. The van der Waals surface area contributed by atoms with Gasteiger partial charge in [0.15, 0.2) is 0 Å². The lowest BCUT2D eigenvalue weighted by Gasteiger charge is -2.30. The third kappa shape index (κ3) is 3.30. The van der Waals surface area contributed by atoms with Crippen LogP contribution in [0.2, 0.25) is 0 Å². The Morgan fingerprint density at radius 1 is 1.38 bits per heavy atom. The molecule has 0 radical (unpaired) electrons. The van der Waals surface area contributed by atoms with E-state index in [1.54, 1.807) is 38.2 Å². The van der Waals surface area contributed by atoms with Gasteiger partial charge in [-0.1, -0.05) is 6.07 Å². The number of allylic oxidation sites excluding steroid dienone is 1. The first-order valence-corrected chi connectivity index (χ1v) is 7.66. The number of nitrogens with one attached hydrogen (secondary N) is 2. The number of aliphatic hydroxyl groups is 1. The van der Waals surface area contributed by atoms with Crippen molar-refractivity contribution in [2.45, 2.75) is 19.8 Å². The highest BCUT2D eigenvalue weighted by atomic mass is 16.5. The van der Waals surface area contributed by atoms with Crippen molar-refractivity contribution in [1.82, 2.24) is 15.6 Å². The van der Waals surface area contributed by atoms with Gasteiger partial charge in [0.25, 0.3) is 0 Å². The summed E-state index contributed by atoms with van der Waals surface area (Å²) in [6, 6.07) is 5.27. The molecule has 0 saturated heterocycles. The normalized spacial score (nSPS) is 17.4.